The van der Waals surface area contributed by atoms with E-state index in [0.717, 1.165) is 50.0 Å². The number of rotatable bonds is 6. The van der Waals surface area contributed by atoms with Crippen molar-refractivity contribution in [1.82, 2.24) is 4.98 Å². The molecule has 1 fully saturated rings. The highest BCUT2D eigenvalue weighted by Gasteiger charge is 2.28. The van der Waals surface area contributed by atoms with Crippen LogP contribution >= 0.6 is 12.4 Å². The van der Waals surface area contributed by atoms with Crippen LogP contribution in [0.5, 0.6) is 5.75 Å². The number of piperidine rings is 1. The molecule has 0 spiro atoms. The maximum atomic E-state index is 13.2. The smallest absolute Gasteiger partial charge is 0.166 e. The maximum absolute atomic E-state index is 13.2. The number of anilines is 1. The molecular weight excluding hydrogens is 403 g/mol. The summed E-state index contributed by atoms with van der Waals surface area (Å²) in [5.41, 5.74) is 4.22. The fraction of sp³-hybridized carbons (Fsp3) is 0.375. The summed E-state index contributed by atoms with van der Waals surface area (Å²) in [6.45, 7) is 3.85. The molecule has 2 heterocycles. The quantitative estimate of drug-likeness (QED) is 0.503. The maximum Gasteiger partial charge on any atom is 0.166 e. The number of carbonyl (C=O) groups is 1. The predicted molar refractivity (Wildman–Crippen MR) is 122 cm³/mol. The molecule has 0 amide bonds. The molecule has 4 nitrogen and oxygen atoms in total. The Morgan fingerprint density at radius 3 is 2.50 bits per heavy atom. The number of methoxy groups -OCH3 is 1. The van der Waals surface area contributed by atoms with Gasteiger partial charge in [0, 0.05) is 41.2 Å². The minimum absolute atomic E-state index is 0. The van der Waals surface area contributed by atoms with Gasteiger partial charge in [-0.3, -0.25) is 4.79 Å². The zero-order chi connectivity index (χ0) is 20.4. The number of hydrogen-bond acceptors (Lipinski definition) is 3. The van der Waals surface area contributed by atoms with Crippen LogP contribution < -0.4 is 9.64 Å². The molecule has 0 unspecified atom stereocenters. The summed E-state index contributed by atoms with van der Waals surface area (Å²) < 4.78 is 18.6. The number of ether oxygens (including phenoxy) is 1. The molecule has 0 saturated carbocycles. The topological polar surface area (TPSA) is 45.3 Å². The van der Waals surface area contributed by atoms with Gasteiger partial charge in [0.1, 0.15) is 11.6 Å². The van der Waals surface area contributed by atoms with Gasteiger partial charge in [-0.05, 0) is 61.7 Å². The first-order valence-electron chi connectivity index (χ1n) is 10.3. The number of H-pyrrole nitrogens is 1. The number of aromatic amines is 1. The Kier molecular flexibility index (Phi) is 7.03. The molecule has 1 aliphatic rings. The second-order valence-electron chi connectivity index (χ2n) is 7.75. The van der Waals surface area contributed by atoms with E-state index in [1.54, 1.807) is 19.2 Å². The number of nitrogens with zero attached hydrogens (tertiary/aromatic N) is 1. The van der Waals surface area contributed by atoms with E-state index in [9.17, 15) is 9.18 Å². The number of Topliss-reactive ketones (excluding diaryl/α,β-unsaturated/α-hetero) is 1. The van der Waals surface area contributed by atoms with Crippen molar-refractivity contribution in [1.29, 1.82) is 0 Å². The molecule has 1 N–H and O–H groups in total. The van der Waals surface area contributed by atoms with Gasteiger partial charge in [0.15, 0.2) is 5.78 Å². The Morgan fingerprint density at radius 2 is 1.87 bits per heavy atom. The average molecular weight is 431 g/mol. The van der Waals surface area contributed by atoms with Crippen LogP contribution in [-0.2, 0) is 6.42 Å². The van der Waals surface area contributed by atoms with E-state index in [1.807, 2.05) is 6.07 Å². The Morgan fingerprint density at radius 1 is 1.17 bits per heavy atom. The summed E-state index contributed by atoms with van der Waals surface area (Å²) in [6.07, 6.45) is 3.66. The number of carbonyl (C=O) groups excluding carboxylic acids is 1. The van der Waals surface area contributed by atoms with Crippen LogP contribution in [0.25, 0.3) is 10.9 Å². The normalized spacial score (nSPS) is 14.6. The molecule has 2 aromatic carbocycles. The van der Waals surface area contributed by atoms with E-state index in [-0.39, 0.29) is 29.9 Å². The third-order valence-electron chi connectivity index (χ3n) is 5.86. The number of aromatic nitrogens is 1. The number of benzene rings is 2. The lowest BCUT2D eigenvalue weighted by Crippen LogP contribution is -2.36. The van der Waals surface area contributed by atoms with Crippen LogP contribution in [0.2, 0.25) is 0 Å². The monoisotopic (exact) mass is 430 g/mol. The summed E-state index contributed by atoms with van der Waals surface area (Å²) in [4.78, 5) is 18.8. The van der Waals surface area contributed by atoms with Crippen molar-refractivity contribution in [3.8, 4) is 5.75 Å². The van der Waals surface area contributed by atoms with Crippen molar-refractivity contribution < 1.29 is 13.9 Å². The first kappa shape index (κ1) is 22.2. The molecule has 1 saturated heterocycles. The number of hydrogen-bond donors (Lipinski definition) is 1. The molecule has 30 heavy (non-hydrogen) atoms. The molecule has 160 valence electrons. The lowest BCUT2D eigenvalue weighted by molar-refractivity contribution is 0.0900. The zero-order valence-electron chi connectivity index (χ0n) is 17.4. The highest BCUT2D eigenvalue weighted by molar-refractivity contribution is 5.98. The number of aryl methyl sites for hydroxylation is 1. The van der Waals surface area contributed by atoms with Gasteiger partial charge in [0.05, 0.1) is 12.8 Å². The lowest BCUT2D eigenvalue weighted by atomic mass is 9.88. The van der Waals surface area contributed by atoms with Crippen molar-refractivity contribution in [2.45, 2.75) is 32.6 Å². The number of halogens is 2. The van der Waals surface area contributed by atoms with E-state index in [0.29, 0.717) is 5.56 Å². The molecule has 0 radical (unpaired) electrons. The fourth-order valence-electron chi connectivity index (χ4n) is 4.35. The average Bonchev–Trinajstić information content (AvgIpc) is 3.11. The lowest BCUT2D eigenvalue weighted by Gasteiger charge is -2.33. The Bertz CT molecular complexity index is 1010. The van der Waals surface area contributed by atoms with E-state index >= 15 is 0 Å². The minimum atomic E-state index is -0.311. The zero-order valence-corrected chi connectivity index (χ0v) is 18.2. The third kappa shape index (κ3) is 4.31. The largest absolute Gasteiger partial charge is 0.497 e. The number of fused-ring (bicyclic) bond motifs is 1. The minimum Gasteiger partial charge on any atom is -0.497 e. The van der Waals surface area contributed by atoms with Crippen molar-refractivity contribution in [3.05, 3.63) is 59.5 Å². The highest BCUT2D eigenvalue weighted by Crippen LogP contribution is 2.37. The van der Waals surface area contributed by atoms with Crippen LogP contribution in [0, 0.1) is 11.7 Å². The molecule has 6 heteroatoms. The molecular formula is C24H28ClFN2O2. The van der Waals surface area contributed by atoms with Crippen LogP contribution in [0.15, 0.2) is 42.5 Å². The van der Waals surface area contributed by atoms with Crippen molar-refractivity contribution in [2.24, 2.45) is 5.92 Å². The van der Waals surface area contributed by atoms with Gasteiger partial charge in [-0.1, -0.05) is 13.3 Å². The van der Waals surface area contributed by atoms with Gasteiger partial charge in [0.2, 0.25) is 0 Å². The van der Waals surface area contributed by atoms with Gasteiger partial charge in [-0.15, -0.1) is 12.4 Å². The summed E-state index contributed by atoms with van der Waals surface area (Å²) >= 11 is 0. The van der Waals surface area contributed by atoms with Gasteiger partial charge in [-0.25, -0.2) is 4.39 Å². The number of nitrogens with one attached hydrogen (secondary N) is 1. The van der Waals surface area contributed by atoms with E-state index in [4.69, 9.17) is 4.74 Å². The molecule has 1 aliphatic heterocycles. The summed E-state index contributed by atoms with van der Waals surface area (Å²) in [5, 5.41) is 1.18. The van der Waals surface area contributed by atoms with Crippen molar-refractivity contribution >= 4 is 34.8 Å². The molecule has 4 rings (SSSR count). The standard InChI is InChI=1S/C24H27FN2O2.ClH/c1-3-4-22-23(20-15-19(29-2)9-10-21(20)26-22)27-13-11-17(12-14-27)24(28)16-5-7-18(25)8-6-16;/h5-10,15,17,26H,3-4,11-14H2,1-2H3;1H. The van der Waals surface area contributed by atoms with Gasteiger partial charge in [-0.2, -0.15) is 0 Å². The third-order valence-corrected chi connectivity index (χ3v) is 5.86. The van der Waals surface area contributed by atoms with Crippen molar-refractivity contribution in [2.75, 3.05) is 25.1 Å². The van der Waals surface area contributed by atoms with Crippen LogP contribution in [0.1, 0.15) is 42.2 Å². The Balaban J connectivity index is 0.00000256. The predicted octanol–water partition coefficient (Wildman–Crippen LogP) is 5.79. The first-order valence-corrected chi connectivity index (χ1v) is 10.3. The summed E-state index contributed by atoms with van der Waals surface area (Å²) in [6, 6.07) is 12.0. The second kappa shape index (κ2) is 9.52. The molecule has 1 aromatic heterocycles. The van der Waals surface area contributed by atoms with E-state index in [2.05, 4.69) is 28.9 Å². The first-order chi connectivity index (χ1) is 14.1. The SMILES string of the molecule is CCCc1[nH]c2ccc(OC)cc2c1N1CCC(C(=O)c2ccc(F)cc2)CC1.Cl. The fourth-order valence-corrected chi connectivity index (χ4v) is 4.35. The molecule has 0 aliphatic carbocycles. The van der Waals surface area contributed by atoms with Gasteiger partial charge >= 0.3 is 0 Å². The Labute approximate surface area is 182 Å². The van der Waals surface area contributed by atoms with Gasteiger partial charge in [0.25, 0.3) is 0 Å². The second-order valence-corrected chi connectivity index (χ2v) is 7.75. The molecule has 0 bridgehead atoms. The Hall–Kier alpha value is -2.53. The summed E-state index contributed by atoms with van der Waals surface area (Å²) in [5.74, 6) is 0.655. The van der Waals surface area contributed by atoms with E-state index < -0.39 is 0 Å². The number of ketones is 1. The summed E-state index contributed by atoms with van der Waals surface area (Å²) in [7, 11) is 1.69. The van der Waals surface area contributed by atoms with Crippen LogP contribution in [0.4, 0.5) is 10.1 Å². The van der Waals surface area contributed by atoms with Crippen LogP contribution in [0.3, 0.4) is 0 Å². The van der Waals surface area contributed by atoms with E-state index in [1.165, 1.54) is 28.9 Å². The van der Waals surface area contributed by atoms with Crippen LogP contribution in [-0.4, -0.2) is 31.0 Å². The van der Waals surface area contributed by atoms with Gasteiger partial charge < -0.3 is 14.6 Å². The highest BCUT2D eigenvalue weighted by atomic mass is 35.5. The van der Waals surface area contributed by atoms with Crippen molar-refractivity contribution in [3.63, 3.8) is 0 Å². The molecule has 0 atom stereocenters. The molecule has 3 aromatic rings.